The Kier molecular flexibility index (Phi) is 4.25. The number of nitrogens with one attached hydrogen (secondary N) is 1. The van der Waals surface area contributed by atoms with Crippen molar-refractivity contribution >= 4 is 11.6 Å². The number of nitriles is 1. The Morgan fingerprint density at radius 1 is 1.33 bits per heavy atom. The van der Waals surface area contributed by atoms with Crippen molar-refractivity contribution in [3.63, 3.8) is 0 Å². The largest absolute Gasteiger partial charge is 0.477 e. The first-order chi connectivity index (χ1) is 12.8. The van der Waals surface area contributed by atoms with Gasteiger partial charge in [0.1, 0.15) is 0 Å². The molecule has 2 bridgehead atoms. The Morgan fingerprint density at radius 3 is 2.67 bits per heavy atom. The van der Waals surface area contributed by atoms with Gasteiger partial charge in [-0.25, -0.2) is 4.52 Å². The van der Waals surface area contributed by atoms with Gasteiger partial charge in [-0.05, 0) is 43.7 Å². The fourth-order valence-electron chi connectivity index (χ4n) is 3.98. The smallest absolute Gasteiger partial charge is 0.425 e. The molecule has 4 atom stereocenters. The molecule has 27 heavy (non-hydrogen) atoms. The number of likely N-dealkylation sites (tertiary alicyclic amines) is 1. The summed E-state index contributed by atoms with van der Waals surface area (Å²) in [5.41, 5.74) is 0.234. The van der Waals surface area contributed by atoms with Gasteiger partial charge in [0, 0.05) is 25.3 Å². The minimum absolute atomic E-state index is 0.0325. The lowest BCUT2D eigenvalue weighted by Gasteiger charge is -2.35. The van der Waals surface area contributed by atoms with Crippen LogP contribution in [0.15, 0.2) is 18.3 Å². The molecule has 144 valence electrons. The maximum Gasteiger partial charge on any atom is 0.425 e. The molecule has 10 heteroatoms. The number of hydrogen-bond donors (Lipinski definition) is 1. The monoisotopic (exact) mass is 380 g/mol. The second-order valence-electron chi connectivity index (χ2n) is 7.15. The highest BCUT2D eigenvalue weighted by molar-refractivity contribution is 5.56. The number of rotatable bonds is 4. The quantitative estimate of drug-likeness (QED) is 0.822. The van der Waals surface area contributed by atoms with Crippen molar-refractivity contribution in [1.82, 2.24) is 19.5 Å². The molecule has 1 aliphatic carbocycles. The maximum absolute atomic E-state index is 12.8. The van der Waals surface area contributed by atoms with Gasteiger partial charge in [-0.15, -0.1) is 5.10 Å². The molecule has 1 saturated heterocycles. The van der Waals surface area contributed by atoms with Crippen LogP contribution in [0.3, 0.4) is 0 Å². The van der Waals surface area contributed by atoms with Gasteiger partial charge in [-0.1, -0.05) is 0 Å². The van der Waals surface area contributed by atoms with E-state index in [9.17, 15) is 13.2 Å². The number of aromatic nitrogens is 3. The van der Waals surface area contributed by atoms with E-state index in [1.54, 1.807) is 17.2 Å². The van der Waals surface area contributed by atoms with Crippen LogP contribution in [0.1, 0.15) is 19.8 Å². The summed E-state index contributed by atoms with van der Waals surface area (Å²) >= 11 is 0. The molecule has 1 N–H and O–H groups in total. The van der Waals surface area contributed by atoms with Gasteiger partial charge >= 0.3 is 6.18 Å². The molecule has 0 aromatic carbocycles. The van der Waals surface area contributed by atoms with E-state index in [4.69, 9.17) is 10.00 Å². The lowest BCUT2D eigenvalue weighted by Crippen LogP contribution is -2.46. The molecule has 2 unspecified atom stereocenters. The molecule has 2 aromatic rings. The second-order valence-corrected chi connectivity index (χ2v) is 7.15. The first kappa shape index (κ1) is 17.7. The Balaban J connectivity index is 1.55. The zero-order chi connectivity index (χ0) is 19.2. The first-order valence-corrected chi connectivity index (χ1v) is 8.85. The topological polar surface area (TPSA) is 78.5 Å². The molecular weight excluding hydrogens is 361 g/mol. The summed E-state index contributed by atoms with van der Waals surface area (Å²) in [4.78, 5) is 6.13. The molecule has 2 fully saturated rings. The van der Waals surface area contributed by atoms with Crippen molar-refractivity contribution in [3.05, 3.63) is 18.3 Å². The minimum atomic E-state index is -4.46. The van der Waals surface area contributed by atoms with Gasteiger partial charge in [-0.2, -0.15) is 23.4 Å². The summed E-state index contributed by atoms with van der Waals surface area (Å²) < 4.78 is 44.9. The van der Waals surface area contributed by atoms with Crippen LogP contribution in [0.4, 0.5) is 19.1 Å². The van der Waals surface area contributed by atoms with Gasteiger partial charge < -0.3 is 15.0 Å². The summed E-state index contributed by atoms with van der Waals surface area (Å²) in [5.74, 6) is 1.05. The van der Waals surface area contributed by atoms with E-state index in [0.29, 0.717) is 30.9 Å². The molecule has 3 heterocycles. The Hall–Kier alpha value is -2.70. The predicted molar refractivity (Wildman–Crippen MR) is 89.9 cm³/mol. The summed E-state index contributed by atoms with van der Waals surface area (Å²) in [7, 11) is 0. The van der Waals surface area contributed by atoms with Crippen molar-refractivity contribution in [3.8, 4) is 11.9 Å². The van der Waals surface area contributed by atoms with Crippen molar-refractivity contribution in [2.45, 2.75) is 38.1 Å². The van der Waals surface area contributed by atoms with E-state index in [-0.39, 0.29) is 17.4 Å². The van der Waals surface area contributed by atoms with Crippen LogP contribution in [0, 0.1) is 23.3 Å². The molecule has 2 aromatic heterocycles. The molecule has 0 radical (unpaired) electrons. The van der Waals surface area contributed by atoms with Crippen LogP contribution < -0.4 is 10.1 Å². The highest BCUT2D eigenvalue weighted by atomic mass is 19.4. The fraction of sp³-hybridized carbons (Fsp3) is 0.588. The normalized spacial score (nSPS) is 26.0. The lowest BCUT2D eigenvalue weighted by atomic mass is 9.92. The first-order valence-electron chi connectivity index (χ1n) is 8.85. The van der Waals surface area contributed by atoms with Crippen molar-refractivity contribution in [2.75, 3.05) is 18.4 Å². The highest BCUT2D eigenvalue weighted by Gasteiger charge is 2.42. The molecule has 0 amide bonds. The maximum atomic E-state index is 12.8. The number of hydrogen-bond acceptors (Lipinski definition) is 6. The standard InChI is InChI=1S/C17H19F3N6O/c1-10(17(18,19)20)27-13-3-2-6-26-15(13)23-16(24-26)22-14-11-4-5-12(14)8-25(7-11)9-21/h2-3,6,10-12,14H,4-5,7-8H2,1H3,(H,22,24)/t10?,11-,12+,14?. The van der Waals surface area contributed by atoms with Crippen LogP contribution >= 0.6 is 0 Å². The molecule has 0 spiro atoms. The average Bonchev–Trinajstić information content (AvgIpc) is 3.12. The van der Waals surface area contributed by atoms with Crippen molar-refractivity contribution in [1.29, 1.82) is 5.26 Å². The van der Waals surface area contributed by atoms with Crippen LogP contribution in [0.5, 0.6) is 5.75 Å². The lowest BCUT2D eigenvalue weighted by molar-refractivity contribution is -0.189. The third-order valence-electron chi connectivity index (χ3n) is 5.36. The molecule has 4 rings (SSSR count). The van der Waals surface area contributed by atoms with E-state index >= 15 is 0 Å². The SMILES string of the molecule is CC(Oc1cccn2nc(NC3[C@@H]4CC[C@H]3CN(C#N)C4)nc12)C(F)(F)F. The van der Waals surface area contributed by atoms with Gasteiger partial charge in [0.05, 0.1) is 0 Å². The molecule has 7 nitrogen and oxygen atoms in total. The predicted octanol–water partition coefficient (Wildman–Crippen LogP) is 2.66. The Labute approximate surface area is 153 Å². The summed E-state index contributed by atoms with van der Waals surface area (Å²) in [5, 5.41) is 16.8. The van der Waals surface area contributed by atoms with Crippen LogP contribution in [0.25, 0.3) is 5.65 Å². The molecule has 1 saturated carbocycles. The van der Waals surface area contributed by atoms with Crippen LogP contribution in [-0.4, -0.2) is 50.9 Å². The summed E-state index contributed by atoms with van der Waals surface area (Å²) in [6, 6.07) is 3.18. The summed E-state index contributed by atoms with van der Waals surface area (Å²) in [6.07, 6.45) is -0.505. The highest BCUT2D eigenvalue weighted by Crippen LogP contribution is 2.38. The number of halogens is 3. The Morgan fingerprint density at radius 2 is 2.04 bits per heavy atom. The molecule has 1 aliphatic heterocycles. The number of piperidine rings is 1. The minimum Gasteiger partial charge on any atom is -0.477 e. The third kappa shape index (κ3) is 3.34. The van der Waals surface area contributed by atoms with Crippen molar-refractivity contribution < 1.29 is 17.9 Å². The van der Waals surface area contributed by atoms with Gasteiger partial charge in [0.15, 0.2) is 23.7 Å². The third-order valence-corrected chi connectivity index (χ3v) is 5.36. The second kappa shape index (κ2) is 6.48. The number of nitrogens with zero attached hydrogens (tertiary/aromatic N) is 5. The van der Waals surface area contributed by atoms with Crippen molar-refractivity contribution in [2.24, 2.45) is 11.8 Å². The zero-order valence-electron chi connectivity index (χ0n) is 14.6. The van der Waals surface area contributed by atoms with E-state index in [1.807, 2.05) is 0 Å². The van der Waals surface area contributed by atoms with E-state index in [1.165, 1.54) is 10.6 Å². The van der Waals surface area contributed by atoms with E-state index in [0.717, 1.165) is 19.8 Å². The number of anilines is 1. The average molecular weight is 380 g/mol. The Bertz CT molecular complexity index is 862. The zero-order valence-corrected chi connectivity index (χ0v) is 14.6. The van der Waals surface area contributed by atoms with Gasteiger partial charge in [-0.3, -0.25) is 0 Å². The number of ether oxygens (including phenoxy) is 1. The number of pyridine rings is 1. The van der Waals surface area contributed by atoms with Gasteiger partial charge in [0.2, 0.25) is 5.95 Å². The molecular formula is C17H19F3N6O. The van der Waals surface area contributed by atoms with Gasteiger partial charge in [0.25, 0.3) is 0 Å². The number of alkyl halides is 3. The molecule has 2 aliphatic rings. The number of fused-ring (bicyclic) bond motifs is 3. The van der Waals surface area contributed by atoms with Crippen LogP contribution in [-0.2, 0) is 0 Å². The van der Waals surface area contributed by atoms with E-state index < -0.39 is 12.3 Å². The summed E-state index contributed by atoms with van der Waals surface area (Å²) in [6.45, 7) is 2.37. The fourth-order valence-corrected chi connectivity index (χ4v) is 3.98. The van der Waals surface area contributed by atoms with Crippen LogP contribution in [0.2, 0.25) is 0 Å². The van der Waals surface area contributed by atoms with E-state index in [2.05, 4.69) is 21.6 Å².